The SMILES string of the molecule is CSCC(C)N(C)C(=O)c1ccc(C)cc1NN. The molecule has 0 heterocycles. The van der Waals surface area contributed by atoms with E-state index in [1.54, 1.807) is 16.7 Å². The standard InChI is InChI=1S/C13H21N3OS/c1-9-5-6-11(12(7-9)15-14)13(17)16(3)10(2)8-18-4/h5-7,10,15H,8,14H2,1-4H3. The summed E-state index contributed by atoms with van der Waals surface area (Å²) in [6, 6.07) is 5.80. The Balaban J connectivity index is 2.96. The molecule has 1 amide bonds. The summed E-state index contributed by atoms with van der Waals surface area (Å²) in [5, 5.41) is 0. The number of carbonyl (C=O) groups is 1. The molecular weight excluding hydrogens is 246 g/mol. The molecule has 1 atom stereocenters. The average molecular weight is 267 g/mol. The zero-order chi connectivity index (χ0) is 13.7. The Morgan fingerprint density at radius 1 is 1.56 bits per heavy atom. The molecule has 0 fully saturated rings. The van der Waals surface area contributed by atoms with E-state index in [9.17, 15) is 4.79 Å². The summed E-state index contributed by atoms with van der Waals surface area (Å²) in [4.78, 5) is 14.1. The van der Waals surface area contributed by atoms with Gasteiger partial charge in [-0.1, -0.05) is 6.07 Å². The van der Waals surface area contributed by atoms with Crippen molar-refractivity contribution in [1.29, 1.82) is 0 Å². The van der Waals surface area contributed by atoms with E-state index >= 15 is 0 Å². The number of hydrazine groups is 1. The highest BCUT2D eigenvalue weighted by molar-refractivity contribution is 7.98. The van der Waals surface area contributed by atoms with E-state index in [4.69, 9.17) is 5.84 Å². The van der Waals surface area contributed by atoms with Gasteiger partial charge in [0.2, 0.25) is 0 Å². The second kappa shape index (κ2) is 6.66. The second-order valence-electron chi connectivity index (χ2n) is 4.41. The van der Waals surface area contributed by atoms with Gasteiger partial charge in [0.1, 0.15) is 0 Å². The maximum Gasteiger partial charge on any atom is 0.256 e. The lowest BCUT2D eigenvalue weighted by Gasteiger charge is -2.25. The molecule has 0 aromatic heterocycles. The number of anilines is 1. The summed E-state index contributed by atoms with van der Waals surface area (Å²) >= 11 is 1.73. The van der Waals surface area contributed by atoms with Gasteiger partial charge in [-0.2, -0.15) is 11.8 Å². The molecule has 4 nitrogen and oxygen atoms in total. The maximum atomic E-state index is 12.4. The maximum absolute atomic E-state index is 12.4. The molecule has 0 aliphatic rings. The molecule has 1 aromatic carbocycles. The molecule has 0 bridgehead atoms. The Kier molecular flexibility index (Phi) is 5.50. The number of hydrogen-bond acceptors (Lipinski definition) is 4. The first-order valence-corrected chi connectivity index (χ1v) is 7.24. The number of benzene rings is 1. The van der Waals surface area contributed by atoms with Crippen LogP contribution in [0.4, 0.5) is 5.69 Å². The lowest BCUT2D eigenvalue weighted by molar-refractivity contribution is 0.0758. The molecule has 0 spiro atoms. The molecule has 0 aliphatic heterocycles. The Labute approximate surface area is 113 Å². The number of nitrogens with two attached hydrogens (primary N) is 1. The Bertz CT molecular complexity index is 423. The van der Waals surface area contributed by atoms with E-state index < -0.39 is 0 Å². The van der Waals surface area contributed by atoms with E-state index in [1.807, 2.05) is 45.4 Å². The van der Waals surface area contributed by atoms with Gasteiger partial charge in [0.05, 0.1) is 11.3 Å². The molecule has 18 heavy (non-hydrogen) atoms. The largest absolute Gasteiger partial charge is 0.338 e. The first-order valence-electron chi connectivity index (χ1n) is 5.84. The smallest absolute Gasteiger partial charge is 0.256 e. The molecule has 1 rings (SSSR count). The number of aryl methyl sites for hydroxylation is 1. The number of hydrogen-bond donors (Lipinski definition) is 2. The molecule has 0 aliphatic carbocycles. The van der Waals surface area contributed by atoms with Gasteiger partial charge in [-0.15, -0.1) is 0 Å². The van der Waals surface area contributed by atoms with Crippen LogP contribution in [0.25, 0.3) is 0 Å². The van der Waals surface area contributed by atoms with Gasteiger partial charge in [-0.3, -0.25) is 10.6 Å². The number of nitrogens with one attached hydrogen (secondary N) is 1. The van der Waals surface area contributed by atoms with Crippen LogP contribution in [0.5, 0.6) is 0 Å². The fourth-order valence-electron chi connectivity index (χ4n) is 1.71. The molecule has 3 N–H and O–H groups in total. The monoisotopic (exact) mass is 267 g/mol. The fourth-order valence-corrected chi connectivity index (χ4v) is 2.41. The summed E-state index contributed by atoms with van der Waals surface area (Å²) in [6.07, 6.45) is 2.04. The number of rotatable bonds is 5. The van der Waals surface area contributed by atoms with Crippen molar-refractivity contribution < 1.29 is 4.79 Å². The second-order valence-corrected chi connectivity index (χ2v) is 5.32. The highest BCUT2D eigenvalue weighted by Crippen LogP contribution is 2.19. The van der Waals surface area contributed by atoms with Crippen molar-refractivity contribution in [3.63, 3.8) is 0 Å². The van der Waals surface area contributed by atoms with Crippen LogP contribution in [-0.4, -0.2) is 35.9 Å². The molecule has 1 unspecified atom stereocenters. The normalized spacial score (nSPS) is 12.1. The van der Waals surface area contributed by atoms with E-state index in [0.717, 1.165) is 11.3 Å². The van der Waals surface area contributed by atoms with Gasteiger partial charge in [0.15, 0.2) is 0 Å². The summed E-state index contributed by atoms with van der Waals surface area (Å²) in [7, 11) is 1.82. The minimum Gasteiger partial charge on any atom is -0.338 e. The number of amides is 1. The Morgan fingerprint density at radius 3 is 2.78 bits per heavy atom. The van der Waals surface area contributed by atoms with Gasteiger partial charge in [0, 0.05) is 18.8 Å². The van der Waals surface area contributed by atoms with Crippen LogP contribution in [0.3, 0.4) is 0 Å². The third-order valence-electron chi connectivity index (χ3n) is 2.95. The molecule has 1 aromatic rings. The number of thioether (sulfide) groups is 1. The van der Waals surface area contributed by atoms with Crippen LogP contribution in [0.2, 0.25) is 0 Å². The molecular formula is C13H21N3OS. The van der Waals surface area contributed by atoms with Crippen LogP contribution in [0.15, 0.2) is 18.2 Å². The van der Waals surface area contributed by atoms with Crippen LogP contribution >= 0.6 is 11.8 Å². The summed E-state index contributed by atoms with van der Waals surface area (Å²) in [5.41, 5.74) is 4.94. The third-order valence-corrected chi connectivity index (χ3v) is 3.77. The quantitative estimate of drug-likeness (QED) is 0.633. The lowest BCUT2D eigenvalue weighted by Crippen LogP contribution is -2.37. The molecule has 100 valence electrons. The van der Waals surface area contributed by atoms with Crippen LogP contribution in [0.1, 0.15) is 22.8 Å². The summed E-state index contributed by atoms with van der Waals surface area (Å²) in [5.74, 6) is 6.37. The van der Waals surface area contributed by atoms with Crippen LogP contribution in [0, 0.1) is 6.92 Å². The minimum atomic E-state index is -0.00972. The number of carbonyl (C=O) groups excluding carboxylic acids is 1. The fraction of sp³-hybridized carbons (Fsp3) is 0.462. The number of nitrogen functional groups attached to an aromatic ring is 1. The van der Waals surface area contributed by atoms with Crippen LogP contribution in [-0.2, 0) is 0 Å². The van der Waals surface area contributed by atoms with E-state index in [0.29, 0.717) is 11.3 Å². The van der Waals surface area contributed by atoms with Crippen LogP contribution < -0.4 is 11.3 Å². The van der Waals surface area contributed by atoms with E-state index in [2.05, 4.69) is 5.43 Å². The van der Waals surface area contributed by atoms with Crippen molar-refractivity contribution in [2.75, 3.05) is 24.5 Å². The van der Waals surface area contributed by atoms with Crippen molar-refractivity contribution in [3.05, 3.63) is 29.3 Å². The van der Waals surface area contributed by atoms with Gasteiger partial charge in [0.25, 0.3) is 5.91 Å². The van der Waals surface area contributed by atoms with E-state index in [-0.39, 0.29) is 11.9 Å². The minimum absolute atomic E-state index is 0.00972. The zero-order valence-corrected chi connectivity index (χ0v) is 12.2. The van der Waals surface area contributed by atoms with Gasteiger partial charge in [-0.25, -0.2) is 0 Å². The van der Waals surface area contributed by atoms with E-state index in [1.165, 1.54) is 0 Å². The zero-order valence-electron chi connectivity index (χ0n) is 11.4. The molecule has 0 saturated carbocycles. The summed E-state index contributed by atoms with van der Waals surface area (Å²) in [6.45, 7) is 4.01. The first kappa shape index (κ1) is 14.9. The van der Waals surface area contributed by atoms with Crippen molar-refractivity contribution in [2.45, 2.75) is 19.9 Å². The molecule has 0 radical (unpaired) electrons. The third kappa shape index (κ3) is 3.40. The number of nitrogens with zero attached hydrogens (tertiary/aromatic N) is 1. The Hall–Kier alpha value is -1.20. The topological polar surface area (TPSA) is 58.4 Å². The average Bonchev–Trinajstić information content (AvgIpc) is 2.37. The summed E-state index contributed by atoms with van der Waals surface area (Å²) < 4.78 is 0. The predicted octanol–water partition coefficient (Wildman–Crippen LogP) is 2.10. The van der Waals surface area contributed by atoms with Gasteiger partial charge in [-0.05, 0) is 37.8 Å². The van der Waals surface area contributed by atoms with Crippen molar-refractivity contribution in [3.8, 4) is 0 Å². The first-order chi connectivity index (χ1) is 8.51. The Morgan fingerprint density at radius 2 is 2.22 bits per heavy atom. The molecule has 0 saturated heterocycles. The van der Waals surface area contributed by atoms with Gasteiger partial charge < -0.3 is 10.3 Å². The van der Waals surface area contributed by atoms with Crippen molar-refractivity contribution >= 4 is 23.4 Å². The van der Waals surface area contributed by atoms with Crippen molar-refractivity contribution in [1.82, 2.24) is 4.90 Å². The highest BCUT2D eigenvalue weighted by Gasteiger charge is 2.19. The predicted molar refractivity (Wildman–Crippen MR) is 78.9 cm³/mol. The van der Waals surface area contributed by atoms with Crippen molar-refractivity contribution in [2.24, 2.45) is 5.84 Å². The highest BCUT2D eigenvalue weighted by atomic mass is 32.2. The molecule has 5 heteroatoms. The lowest BCUT2D eigenvalue weighted by atomic mass is 10.1. The van der Waals surface area contributed by atoms with Gasteiger partial charge >= 0.3 is 0 Å².